The predicted octanol–water partition coefficient (Wildman–Crippen LogP) is 0.887. The van der Waals surface area contributed by atoms with Crippen molar-refractivity contribution in [2.24, 2.45) is 0 Å². The fraction of sp³-hybridized carbons (Fsp3) is 0.500. The van der Waals surface area contributed by atoms with Gasteiger partial charge < -0.3 is 15.4 Å². The summed E-state index contributed by atoms with van der Waals surface area (Å²) in [6, 6.07) is 7.41. The van der Waals surface area contributed by atoms with Gasteiger partial charge in [-0.1, -0.05) is 22.9 Å². The van der Waals surface area contributed by atoms with Crippen molar-refractivity contribution >= 4 is 5.91 Å². The number of piperidine rings is 1. The third-order valence-corrected chi connectivity index (χ3v) is 4.26. The van der Waals surface area contributed by atoms with E-state index in [1.165, 1.54) is 0 Å². The van der Waals surface area contributed by atoms with Gasteiger partial charge in [-0.15, -0.1) is 10.2 Å². The van der Waals surface area contributed by atoms with Gasteiger partial charge in [0.2, 0.25) is 0 Å². The van der Waals surface area contributed by atoms with E-state index in [2.05, 4.69) is 31.3 Å². The van der Waals surface area contributed by atoms with Gasteiger partial charge in [-0.05, 0) is 39.1 Å². The Labute approximate surface area is 140 Å². The van der Waals surface area contributed by atoms with Crippen LogP contribution in [-0.4, -0.2) is 45.2 Å². The van der Waals surface area contributed by atoms with Gasteiger partial charge in [0.05, 0.1) is 6.04 Å². The van der Waals surface area contributed by atoms with Crippen LogP contribution >= 0.6 is 0 Å². The molecule has 0 radical (unpaired) electrons. The van der Waals surface area contributed by atoms with Crippen molar-refractivity contribution in [3.05, 3.63) is 35.7 Å². The Balaban J connectivity index is 1.77. The van der Waals surface area contributed by atoms with Crippen LogP contribution in [0.4, 0.5) is 0 Å². The molecule has 1 fully saturated rings. The van der Waals surface area contributed by atoms with E-state index >= 15 is 0 Å². The number of benzene rings is 1. The highest BCUT2D eigenvalue weighted by Gasteiger charge is 2.42. The molecule has 1 aliphatic heterocycles. The lowest BCUT2D eigenvalue weighted by molar-refractivity contribution is -0.140. The quantitative estimate of drug-likeness (QED) is 0.752. The molecule has 1 amide bonds. The minimum absolute atomic E-state index is 0.151. The smallest absolute Gasteiger partial charge is 0.264 e. The molecule has 128 valence electrons. The Bertz CT molecular complexity index is 664. The average Bonchev–Trinajstić information content (AvgIpc) is 3.12. The van der Waals surface area contributed by atoms with E-state index in [9.17, 15) is 4.79 Å². The summed E-state index contributed by atoms with van der Waals surface area (Å²) in [6.07, 6.45) is 1.21. The average molecular weight is 330 g/mol. The summed E-state index contributed by atoms with van der Waals surface area (Å²) in [7, 11) is 0. The first-order chi connectivity index (χ1) is 11.6. The summed E-state index contributed by atoms with van der Waals surface area (Å²) in [4.78, 5) is 12.9. The highest BCUT2D eigenvalue weighted by molar-refractivity contribution is 5.86. The molecular formula is C16H22N6O2. The first-order valence-electron chi connectivity index (χ1n) is 8.10. The summed E-state index contributed by atoms with van der Waals surface area (Å²) in [5.74, 6) is 0.995. The third kappa shape index (κ3) is 3.53. The van der Waals surface area contributed by atoms with Gasteiger partial charge in [-0.2, -0.15) is 5.21 Å². The molecule has 0 spiro atoms. The minimum atomic E-state index is -0.890. The molecule has 8 heteroatoms. The van der Waals surface area contributed by atoms with Gasteiger partial charge in [-0.25, -0.2) is 0 Å². The topological polar surface area (TPSA) is 105 Å². The molecule has 0 unspecified atom stereocenters. The molecule has 0 saturated carbocycles. The monoisotopic (exact) mass is 330 g/mol. The molecule has 1 saturated heterocycles. The van der Waals surface area contributed by atoms with Crippen LogP contribution in [0, 0.1) is 6.92 Å². The standard InChI is InChI=1S/C16H22N6O2/c1-11-3-5-13(6-4-11)24-16(7-9-17-10-8-16)15(23)18-12(2)14-19-21-22-20-14/h3-6,12,17H,7-10H2,1-2H3,(H,18,23)(H,19,20,21,22)/t12-/m0/s1. The predicted molar refractivity (Wildman–Crippen MR) is 87.4 cm³/mol. The van der Waals surface area contributed by atoms with Crippen LogP contribution in [0.5, 0.6) is 5.75 Å². The maximum atomic E-state index is 12.9. The van der Waals surface area contributed by atoms with E-state index in [1.54, 1.807) is 0 Å². The number of aromatic amines is 1. The Morgan fingerprint density at radius 1 is 1.29 bits per heavy atom. The zero-order valence-electron chi connectivity index (χ0n) is 13.9. The van der Waals surface area contributed by atoms with Crippen molar-refractivity contribution < 1.29 is 9.53 Å². The van der Waals surface area contributed by atoms with E-state index < -0.39 is 5.60 Å². The van der Waals surface area contributed by atoms with Crippen molar-refractivity contribution in [1.29, 1.82) is 0 Å². The van der Waals surface area contributed by atoms with Gasteiger partial charge in [0, 0.05) is 12.8 Å². The molecule has 8 nitrogen and oxygen atoms in total. The number of H-pyrrole nitrogens is 1. The molecule has 1 atom stereocenters. The fourth-order valence-electron chi connectivity index (χ4n) is 2.78. The van der Waals surface area contributed by atoms with Crippen LogP contribution in [0.1, 0.15) is 37.2 Å². The molecule has 1 aromatic heterocycles. The molecule has 0 aliphatic carbocycles. The summed E-state index contributed by atoms with van der Waals surface area (Å²) in [5.41, 5.74) is 0.260. The lowest BCUT2D eigenvalue weighted by atomic mass is 9.90. The first-order valence-corrected chi connectivity index (χ1v) is 8.10. The molecule has 2 aromatic rings. The van der Waals surface area contributed by atoms with Crippen molar-refractivity contribution in [3.8, 4) is 5.75 Å². The highest BCUT2D eigenvalue weighted by Crippen LogP contribution is 2.28. The Morgan fingerprint density at radius 3 is 2.62 bits per heavy atom. The number of aromatic nitrogens is 4. The molecule has 24 heavy (non-hydrogen) atoms. The number of nitrogens with one attached hydrogen (secondary N) is 3. The summed E-state index contributed by atoms with van der Waals surface area (Å²) in [6.45, 7) is 5.30. The number of amides is 1. The number of carbonyl (C=O) groups excluding carboxylic acids is 1. The van der Waals surface area contributed by atoms with Gasteiger partial charge >= 0.3 is 0 Å². The SMILES string of the molecule is Cc1ccc(OC2(C(=O)N[C@@H](C)c3nn[nH]n3)CCNCC2)cc1. The summed E-state index contributed by atoms with van der Waals surface area (Å²) < 4.78 is 6.16. The van der Waals surface area contributed by atoms with E-state index in [1.807, 2.05) is 38.1 Å². The molecule has 1 aliphatic rings. The first kappa shape index (κ1) is 16.4. The lowest BCUT2D eigenvalue weighted by Gasteiger charge is -2.37. The zero-order valence-corrected chi connectivity index (χ0v) is 13.9. The second-order valence-electron chi connectivity index (χ2n) is 6.12. The third-order valence-electron chi connectivity index (χ3n) is 4.26. The van der Waals surface area contributed by atoms with Gasteiger partial charge in [0.25, 0.3) is 5.91 Å². The number of hydrogen-bond acceptors (Lipinski definition) is 6. The Kier molecular flexibility index (Phi) is 4.75. The summed E-state index contributed by atoms with van der Waals surface area (Å²) >= 11 is 0. The number of nitrogens with zero attached hydrogens (tertiary/aromatic N) is 3. The minimum Gasteiger partial charge on any atom is -0.477 e. The van der Waals surface area contributed by atoms with Gasteiger partial charge in [-0.3, -0.25) is 4.79 Å². The number of carbonyl (C=O) groups is 1. The number of rotatable bonds is 5. The van der Waals surface area contributed by atoms with Gasteiger partial charge in [0.15, 0.2) is 11.4 Å². The van der Waals surface area contributed by atoms with E-state index in [0.29, 0.717) is 24.4 Å². The maximum Gasteiger partial charge on any atom is 0.264 e. The molecule has 1 aromatic carbocycles. The van der Waals surface area contributed by atoms with E-state index in [-0.39, 0.29) is 11.9 Å². The number of tetrazole rings is 1. The number of ether oxygens (including phenoxy) is 1. The zero-order chi connectivity index (χ0) is 17.0. The molecule has 3 rings (SSSR count). The fourth-order valence-corrected chi connectivity index (χ4v) is 2.78. The second-order valence-corrected chi connectivity index (χ2v) is 6.12. The van der Waals surface area contributed by atoms with Crippen molar-refractivity contribution in [2.45, 2.75) is 38.3 Å². The van der Waals surface area contributed by atoms with Crippen LogP contribution in [0.3, 0.4) is 0 Å². The lowest BCUT2D eigenvalue weighted by Crippen LogP contribution is -2.57. The van der Waals surface area contributed by atoms with E-state index in [4.69, 9.17) is 4.74 Å². The van der Waals surface area contributed by atoms with Crippen LogP contribution in [0.15, 0.2) is 24.3 Å². The van der Waals surface area contributed by atoms with Crippen LogP contribution < -0.4 is 15.4 Å². The number of aryl methyl sites for hydroxylation is 1. The van der Waals surface area contributed by atoms with Crippen LogP contribution in [0.25, 0.3) is 0 Å². The highest BCUT2D eigenvalue weighted by atomic mass is 16.5. The van der Waals surface area contributed by atoms with Gasteiger partial charge in [0.1, 0.15) is 5.75 Å². The Hall–Kier alpha value is -2.48. The molecule has 2 heterocycles. The van der Waals surface area contributed by atoms with Crippen LogP contribution in [0.2, 0.25) is 0 Å². The maximum absolute atomic E-state index is 12.9. The molecular weight excluding hydrogens is 308 g/mol. The van der Waals surface area contributed by atoms with E-state index in [0.717, 1.165) is 18.7 Å². The van der Waals surface area contributed by atoms with Crippen molar-refractivity contribution in [3.63, 3.8) is 0 Å². The van der Waals surface area contributed by atoms with Crippen molar-refractivity contribution in [2.75, 3.05) is 13.1 Å². The summed E-state index contributed by atoms with van der Waals surface area (Å²) in [5, 5.41) is 20.0. The molecule has 3 N–H and O–H groups in total. The van der Waals surface area contributed by atoms with Crippen LogP contribution in [-0.2, 0) is 4.79 Å². The largest absolute Gasteiger partial charge is 0.477 e. The molecule has 0 bridgehead atoms. The van der Waals surface area contributed by atoms with Crippen molar-refractivity contribution in [1.82, 2.24) is 31.3 Å². The second kappa shape index (κ2) is 6.96. The Morgan fingerprint density at radius 2 is 2.00 bits per heavy atom. The normalized spacial score (nSPS) is 17.9. The number of hydrogen-bond donors (Lipinski definition) is 3.